The number of aromatic nitrogens is 2. The summed E-state index contributed by atoms with van der Waals surface area (Å²) < 4.78 is 1.30. The van der Waals surface area contributed by atoms with Crippen LogP contribution in [0.15, 0.2) is 46.8 Å². The Morgan fingerprint density at radius 1 is 1.35 bits per heavy atom. The summed E-state index contributed by atoms with van der Waals surface area (Å²) in [5, 5.41) is 16.9. The second-order valence-corrected chi connectivity index (χ2v) is 6.72. The lowest BCUT2D eigenvalue weighted by atomic mass is 10.1. The van der Waals surface area contributed by atoms with Crippen molar-refractivity contribution in [3.8, 4) is 17.3 Å². The van der Waals surface area contributed by atoms with E-state index in [0.717, 1.165) is 5.56 Å². The molecular weight excluding hydrogens is 350 g/mol. The molecule has 0 spiro atoms. The fourth-order valence-corrected chi connectivity index (χ4v) is 3.56. The first-order valence-corrected chi connectivity index (χ1v) is 9.05. The van der Waals surface area contributed by atoms with Gasteiger partial charge in [0.1, 0.15) is 22.4 Å². The standard InChI is InChI=1S/C16H10ClN3OS2/c1-22-16-12(9-18)14(10-4-6-11(17)7-5-10)19-20(16)15(21)13-3-2-8-23-13/h2-8H,1H3. The maximum absolute atomic E-state index is 12.6. The van der Waals surface area contributed by atoms with Crippen molar-refractivity contribution in [1.82, 2.24) is 9.78 Å². The highest BCUT2D eigenvalue weighted by Crippen LogP contribution is 2.31. The number of halogens is 1. The predicted molar refractivity (Wildman–Crippen MR) is 93.2 cm³/mol. The second-order valence-electron chi connectivity index (χ2n) is 4.55. The molecule has 3 rings (SSSR count). The Morgan fingerprint density at radius 2 is 2.09 bits per heavy atom. The van der Waals surface area contributed by atoms with Crippen molar-refractivity contribution >= 4 is 40.6 Å². The van der Waals surface area contributed by atoms with Crippen molar-refractivity contribution in [2.75, 3.05) is 6.26 Å². The fraction of sp³-hybridized carbons (Fsp3) is 0.0625. The summed E-state index contributed by atoms with van der Waals surface area (Å²) >= 11 is 8.58. The summed E-state index contributed by atoms with van der Waals surface area (Å²) in [6.07, 6.45) is 1.82. The molecule has 2 aromatic heterocycles. The molecule has 4 nitrogen and oxygen atoms in total. The fourth-order valence-electron chi connectivity index (χ4n) is 2.14. The lowest BCUT2D eigenvalue weighted by Crippen LogP contribution is -2.13. The predicted octanol–water partition coefficient (Wildman–Crippen LogP) is 4.55. The van der Waals surface area contributed by atoms with E-state index in [9.17, 15) is 10.1 Å². The monoisotopic (exact) mass is 359 g/mol. The van der Waals surface area contributed by atoms with Crippen LogP contribution in [0.4, 0.5) is 0 Å². The van der Waals surface area contributed by atoms with Crippen LogP contribution in [0, 0.1) is 11.3 Å². The molecule has 7 heteroatoms. The Bertz CT molecular complexity index is 893. The molecule has 0 aliphatic rings. The van der Waals surface area contributed by atoms with Crippen LogP contribution in [-0.4, -0.2) is 21.9 Å². The highest BCUT2D eigenvalue weighted by Gasteiger charge is 2.23. The minimum Gasteiger partial charge on any atom is -0.266 e. The van der Waals surface area contributed by atoms with Gasteiger partial charge in [-0.2, -0.15) is 15.0 Å². The largest absolute Gasteiger partial charge is 0.289 e. The zero-order chi connectivity index (χ0) is 16.4. The average molecular weight is 360 g/mol. The number of rotatable bonds is 3. The zero-order valence-corrected chi connectivity index (χ0v) is 14.4. The van der Waals surface area contributed by atoms with Gasteiger partial charge in [-0.1, -0.05) is 29.8 Å². The van der Waals surface area contributed by atoms with Crippen molar-refractivity contribution < 1.29 is 4.79 Å². The number of nitrogens with zero attached hydrogens (tertiary/aromatic N) is 3. The van der Waals surface area contributed by atoms with Crippen LogP contribution in [-0.2, 0) is 0 Å². The van der Waals surface area contributed by atoms with E-state index >= 15 is 0 Å². The number of nitriles is 1. The Labute approximate surface area is 146 Å². The van der Waals surface area contributed by atoms with Crippen LogP contribution in [0.2, 0.25) is 5.02 Å². The molecule has 0 fully saturated rings. The van der Waals surface area contributed by atoms with Crippen LogP contribution >= 0.6 is 34.7 Å². The summed E-state index contributed by atoms with van der Waals surface area (Å²) in [6, 6.07) is 12.8. The number of thioether (sulfide) groups is 1. The van der Waals surface area contributed by atoms with Crippen LogP contribution in [0.5, 0.6) is 0 Å². The molecule has 0 aliphatic carbocycles. The summed E-state index contributed by atoms with van der Waals surface area (Å²) in [4.78, 5) is 13.2. The molecule has 2 heterocycles. The van der Waals surface area contributed by atoms with Crippen molar-refractivity contribution in [3.63, 3.8) is 0 Å². The molecule has 0 unspecified atom stereocenters. The molecule has 0 bridgehead atoms. The molecule has 0 aliphatic heterocycles. The summed E-state index contributed by atoms with van der Waals surface area (Å²) in [7, 11) is 0. The van der Waals surface area contributed by atoms with Gasteiger partial charge in [-0.3, -0.25) is 4.79 Å². The van der Waals surface area contributed by atoms with Gasteiger partial charge in [-0.15, -0.1) is 23.1 Å². The first-order valence-electron chi connectivity index (χ1n) is 6.57. The summed E-state index contributed by atoms with van der Waals surface area (Å²) in [5.74, 6) is -0.235. The smallest absolute Gasteiger partial charge is 0.266 e. The van der Waals surface area contributed by atoms with Crippen molar-refractivity contribution in [1.29, 1.82) is 5.26 Å². The average Bonchev–Trinajstić information content (AvgIpc) is 3.22. The summed E-state index contributed by atoms with van der Waals surface area (Å²) in [6.45, 7) is 0. The SMILES string of the molecule is CSc1c(C#N)c(-c2ccc(Cl)cc2)nn1C(=O)c1cccs1. The first kappa shape index (κ1) is 15.8. The minimum absolute atomic E-state index is 0.235. The van der Waals surface area contributed by atoms with Crippen LogP contribution in [0.25, 0.3) is 11.3 Å². The number of benzene rings is 1. The maximum atomic E-state index is 12.6. The third kappa shape index (κ3) is 2.91. The molecule has 1 aromatic carbocycles. The maximum Gasteiger partial charge on any atom is 0.289 e. The van der Waals surface area contributed by atoms with E-state index in [1.54, 1.807) is 30.3 Å². The molecule has 114 valence electrons. The van der Waals surface area contributed by atoms with Gasteiger partial charge in [-0.25, -0.2) is 0 Å². The van der Waals surface area contributed by atoms with E-state index < -0.39 is 0 Å². The summed E-state index contributed by atoms with van der Waals surface area (Å²) in [5.41, 5.74) is 1.63. The van der Waals surface area contributed by atoms with Gasteiger partial charge < -0.3 is 0 Å². The Morgan fingerprint density at radius 3 is 2.65 bits per heavy atom. The van der Waals surface area contributed by atoms with Gasteiger partial charge >= 0.3 is 0 Å². The molecule has 0 radical (unpaired) electrons. The Kier molecular flexibility index (Phi) is 4.53. The van der Waals surface area contributed by atoms with Gasteiger partial charge in [0.05, 0.1) is 4.88 Å². The number of hydrogen-bond acceptors (Lipinski definition) is 5. The molecule has 0 saturated heterocycles. The van der Waals surface area contributed by atoms with Crippen molar-refractivity contribution in [2.24, 2.45) is 0 Å². The van der Waals surface area contributed by atoms with E-state index in [2.05, 4.69) is 11.2 Å². The van der Waals surface area contributed by atoms with Crippen LogP contribution in [0.1, 0.15) is 15.2 Å². The number of thiophene rings is 1. The highest BCUT2D eigenvalue weighted by molar-refractivity contribution is 7.98. The molecule has 0 atom stereocenters. The van der Waals surface area contributed by atoms with Gasteiger partial charge in [0.25, 0.3) is 5.91 Å². The normalized spacial score (nSPS) is 10.5. The lowest BCUT2D eigenvalue weighted by Gasteiger charge is -2.01. The Balaban J connectivity index is 2.17. The van der Waals surface area contributed by atoms with Crippen LogP contribution < -0.4 is 0 Å². The second kappa shape index (κ2) is 6.59. The zero-order valence-electron chi connectivity index (χ0n) is 12.0. The van der Waals surface area contributed by atoms with E-state index in [1.165, 1.54) is 27.8 Å². The van der Waals surface area contributed by atoms with E-state index in [-0.39, 0.29) is 5.91 Å². The molecule has 0 amide bonds. The Hall–Kier alpha value is -2.07. The molecule has 23 heavy (non-hydrogen) atoms. The lowest BCUT2D eigenvalue weighted by molar-refractivity contribution is 0.0939. The van der Waals surface area contributed by atoms with Gasteiger partial charge in [-0.05, 0) is 29.8 Å². The number of carbonyl (C=O) groups is 1. The molecule has 3 aromatic rings. The van der Waals surface area contributed by atoms with E-state index in [4.69, 9.17) is 11.6 Å². The number of carbonyl (C=O) groups excluding carboxylic acids is 1. The quantitative estimate of drug-likeness (QED) is 0.644. The van der Waals surface area contributed by atoms with Gasteiger partial charge in [0.2, 0.25) is 0 Å². The van der Waals surface area contributed by atoms with Gasteiger partial charge in [0.15, 0.2) is 0 Å². The topological polar surface area (TPSA) is 58.7 Å². The molecule has 0 saturated carbocycles. The van der Waals surface area contributed by atoms with Crippen molar-refractivity contribution in [3.05, 3.63) is 57.2 Å². The third-order valence-electron chi connectivity index (χ3n) is 3.19. The van der Waals surface area contributed by atoms with Crippen molar-refractivity contribution in [2.45, 2.75) is 5.03 Å². The van der Waals surface area contributed by atoms with E-state index in [1.807, 2.05) is 17.7 Å². The first-order chi connectivity index (χ1) is 11.2. The van der Waals surface area contributed by atoms with Crippen LogP contribution in [0.3, 0.4) is 0 Å². The molecular formula is C16H10ClN3OS2. The highest BCUT2D eigenvalue weighted by atomic mass is 35.5. The molecule has 0 N–H and O–H groups in total. The minimum atomic E-state index is -0.235. The number of hydrogen-bond donors (Lipinski definition) is 0. The van der Waals surface area contributed by atoms with E-state index in [0.29, 0.717) is 26.2 Å². The third-order valence-corrected chi connectivity index (χ3v) is 5.06. The van der Waals surface area contributed by atoms with Gasteiger partial charge in [0, 0.05) is 10.6 Å².